The number of hydrogen-bond donors (Lipinski definition) is 1. The van der Waals surface area contributed by atoms with Gasteiger partial charge in [-0.3, -0.25) is 0 Å². The molecule has 0 spiro atoms. The Kier molecular flexibility index (Phi) is 3.68. The first-order valence-corrected chi connectivity index (χ1v) is 7.79. The molecule has 3 aromatic rings. The number of aryl methyl sites for hydroxylation is 1. The highest BCUT2D eigenvalue weighted by Crippen LogP contribution is 2.34. The van der Waals surface area contributed by atoms with Crippen LogP contribution in [0.5, 0.6) is 0 Å². The topological polar surface area (TPSA) is 82.5 Å². The zero-order valence-electron chi connectivity index (χ0n) is 11.1. The highest BCUT2D eigenvalue weighted by atomic mass is 32.2. The van der Waals surface area contributed by atoms with Gasteiger partial charge in [0.05, 0.1) is 0 Å². The number of aromatic nitrogens is 5. The second-order valence-corrected chi connectivity index (χ2v) is 6.06. The van der Waals surface area contributed by atoms with Crippen molar-refractivity contribution in [3.63, 3.8) is 0 Å². The monoisotopic (exact) mass is 346 g/mol. The molecule has 0 aliphatic carbocycles. The van der Waals surface area contributed by atoms with Crippen LogP contribution in [0.25, 0.3) is 10.2 Å². The number of halogens is 3. The average Bonchev–Trinajstić information content (AvgIpc) is 3.05. The molecule has 0 saturated carbocycles. The largest absolute Gasteiger partial charge is 0.453 e. The molecule has 3 rings (SSSR count). The summed E-state index contributed by atoms with van der Waals surface area (Å²) in [7, 11) is 0. The number of alkyl halides is 3. The normalized spacial score (nSPS) is 12.2. The number of fused-ring (bicyclic) bond motifs is 1. The minimum atomic E-state index is -4.65. The second-order valence-electron chi connectivity index (χ2n) is 4.21. The van der Waals surface area contributed by atoms with E-state index in [-0.39, 0.29) is 5.16 Å². The third-order valence-electron chi connectivity index (χ3n) is 2.76. The predicted molar refractivity (Wildman–Crippen MR) is 76.1 cm³/mol. The fourth-order valence-electron chi connectivity index (χ4n) is 1.73. The first-order valence-electron chi connectivity index (χ1n) is 6.09. The van der Waals surface area contributed by atoms with Gasteiger partial charge in [0, 0.05) is 11.8 Å². The maximum atomic E-state index is 12.7. The van der Waals surface area contributed by atoms with Crippen LogP contribution >= 0.6 is 23.1 Å². The van der Waals surface area contributed by atoms with Crippen molar-refractivity contribution in [2.24, 2.45) is 0 Å². The van der Waals surface area contributed by atoms with E-state index in [1.165, 1.54) is 11.3 Å². The molecule has 0 bridgehead atoms. The molecule has 3 aromatic heterocycles. The van der Waals surface area contributed by atoms with E-state index in [1.807, 2.05) is 18.4 Å². The molecule has 0 unspecified atom stereocenters. The van der Waals surface area contributed by atoms with Gasteiger partial charge in [-0.05, 0) is 23.2 Å². The third-order valence-corrected chi connectivity index (χ3v) is 4.53. The van der Waals surface area contributed by atoms with E-state index >= 15 is 0 Å². The minimum absolute atomic E-state index is 0.0828. The van der Waals surface area contributed by atoms with E-state index in [0.29, 0.717) is 21.9 Å². The number of nitrogens with zero attached hydrogens (tertiary/aromatic N) is 5. The Balaban J connectivity index is 2.03. The molecule has 0 atom stereocenters. The van der Waals surface area contributed by atoms with E-state index < -0.39 is 12.0 Å². The Morgan fingerprint density at radius 1 is 1.32 bits per heavy atom. The van der Waals surface area contributed by atoms with Crippen LogP contribution in [0.2, 0.25) is 0 Å². The van der Waals surface area contributed by atoms with Crippen molar-refractivity contribution < 1.29 is 13.2 Å². The molecule has 0 radical (unpaired) electrons. The maximum absolute atomic E-state index is 12.7. The second kappa shape index (κ2) is 5.39. The van der Waals surface area contributed by atoms with Crippen LogP contribution in [0, 0.1) is 0 Å². The van der Waals surface area contributed by atoms with Crippen LogP contribution in [0.15, 0.2) is 21.6 Å². The molecule has 0 saturated heterocycles. The van der Waals surface area contributed by atoms with Crippen molar-refractivity contribution in [1.29, 1.82) is 0 Å². The van der Waals surface area contributed by atoms with Crippen molar-refractivity contribution in [2.75, 3.05) is 5.84 Å². The Labute approximate surface area is 130 Å². The fraction of sp³-hybridized carbons (Fsp3) is 0.273. The summed E-state index contributed by atoms with van der Waals surface area (Å²) in [6, 6.07) is 1.81. The lowest BCUT2D eigenvalue weighted by Gasteiger charge is -2.06. The quantitative estimate of drug-likeness (QED) is 0.580. The van der Waals surface area contributed by atoms with Crippen LogP contribution in [0.1, 0.15) is 18.6 Å². The smallest absolute Gasteiger partial charge is 0.335 e. The van der Waals surface area contributed by atoms with Gasteiger partial charge >= 0.3 is 6.18 Å². The van der Waals surface area contributed by atoms with E-state index in [0.717, 1.165) is 22.0 Å². The number of rotatable bonds is 3. The first-order chi connectivity index (χ1) is 10.4. The van der Waals surface area contributed by atoms with Gasteiger partial charge in [-0.25, -0.2) is 14.6 Å². The van der Waals surface area contributed by atoms with Gasteiger partial charge in [0.25, 0.3) is 5.82 Å². The van der Waals surface area contributed by atoms with Crippen LogP contribution in [-0.2, 0) is 12.6 Å². The van der Waals surface area contributed by atoms with Crippen LogP contribution in [0.4, 0.5) is 13.2 Å². The molecule has 0 amide bonds. The van der Waals surface area contributed by atoms with Crippen LogP contribution in [-0.4, -0.2) is 24.8 Å². The highest BCUT2D eigenvalue weighted by molar-refractivity contribution is 7.99. The predicted octanol–water partition coefficient (Wildman–Crippen LogP) is 2.73. The van der Waals surface area contributed by atoms with Gasteiger partial charge in [0.15, 0.2) is 0 Å². The van der Waals surface area contributed by atoms with Gasteiger partial charge in [-0.2, -0.15) is 13.2 Å². The van der Waals surface area contributed by atoms with E-state index in [1.54, 1.807) is 0 Å². The summed E-state index contributed by atoms with van der Waals surface area (Å²) < 4.78 is 38.5. The van der Waals surface area contributed by atoms with Crippen molar-refractivity contribution in [1.82, 2.24) is 24.8 Å². The lowest BCUT2D eigenvalue weighted by atomic mass is 10.4. The van der Waals surface area contributed by atoms with Crippen molar-refractivity contribution in [3.05, 3.63) is 23.1 Å². The number of nitrogen functional groups attached to an aromatic ring is 1. The molecule has 0 fully saturated rings. The summed E-state index contributed by atoms with van der Waals surface area (Å²) in [5.74, 6) is 4.80. The maximum Gasteiger partial charge on any atom is 0.453 e. The molecule has 6 nitrogen and oxygen atoms in total. The lowest BCUT2D eigenvalue weighted by molar-refractivity contribution is -0.146. The highest BCUT2D eigenvalue weighted by Gasteiger charge is 2.38. The number of thiophene rings is 1. The molecule has 0 aliphatic heterocycles. The minimum Gasteiger partial charge on any atom is -0.335 e. The molecule has 2 N–H and O–H groups in total. The molecule has 11 heteroatoms. The van der Waals surface area contributed by atoms with E-state index in [4.69, 9.17) is 5.84 Å². The molecular formula is C11H9F3N6S2. The Bertz CT molecular complexity index is 825. The summed E-state index contributed by atoms with van der Waals surface area (Å²) in [6.45, 7) is 1.90. The molecule has 22 heavy (non-hydrogen) atoms. The number of nitrogens with two attached hydrogens (primary N) is 1. The van der Waals surface area contributed by atoms with E-state index in [2.05, 4.69) is 20.2 Å². The average molecular weight is 346 g/mol. The van der Waals surface area contributed by atoms with E-state index in [9.17, 15) is 13.2 Å². The van der Waals surface area contributed by atoms with Gasteiger partial charge in [-0.15, -0.1) is 21.5 Å². The van der Waals surface area contributed by atoms with Crippen molar-refractivity contribution in [2.45, 2.75) is 29.7 Å². The number of hydrogen-bond acceptors (Lipinski definition) is 7. The summed E-state index contributed by atoms with van der Waals surface area (Å²) >= 11 is 2.37. The SMILES string of the molecule is CCc1nc(Sc2nnc(C(F)(F)F)n2N)c2ccsc2n1. The molecule has 3 heterocycles. The van der Waals surface area contributed by atoms with Crippen LogP contribution in [0.3, 0.4) is 0 Å². The van der Waals surface area contributed by atoms with Crippen molar-refractivity contribution in [3.8, 4) is 0 Å². The molecule has 116 valence electrons. The summed E-state index contributed by atoms with van der Waals surface area (Å²) in [5.41, 5.74) is 0. The third kappa shape index (κ3) is 2.61. The standard InChI is InChI=1S/C11H9F3N6S2/c1-2-6-16-7-5(3-4-21-7)8(17-6)22-10-19-18-9(20(10)15)11(12,13)14/h3-4H,2,15H2,1H3. The summed E-state index contributed by atoms with van der Waals surface area (Å²) in [5, 5.41) is 9.62. The Morgan fingerprint density at radius 2 is 2.09 bits per heavy atom. The van der Waals surface area contributed by atoms with Gasteiger partial charge in [0.1, 0.15) is 15.7 Å². The first kappa shape index (κ1) is 15.0. The van der Waals surface area contributed by atoms with Crippen molar-refractivity contribution >= 4 is 33.3 Å². The molecule has 0 aromatic carbocycles. The zero-order valence-corrected chi connectivity index (χ0v) is 12.8. The van der Waals surface area contributed by atoms with Crippen LogP contribution < -0.4 is 5.84 Å². The molecular weight excluding hydrogens is 337 g/mol. The van der Waals surface area contributed by atoms with Gasteiger partial charge in [-0.1, -0.05) is 6.92 Å². The lowest BCUT2D eigenvalue weighted by Crippen LogP contribution is -2.21. The summed E-state index contributed by atoms with van der Waals surface area (Å²) in [6.07, 6.45) is -4.04. The van der Waals surface area contributed by atoms with Gasteiger partial charge < -0.3 is 5.84 Å². The van der Waals surface area contributed by atoms with Gasteiger partial charge in [0.2, 0.25) is 5.16 Å². The Morgan fingerprint density at radius 3 is 2.73 bits per heavy atom. The molecule has 0 aliphatic rings. The Hall–Kier alpha value is -1.88. The summed E-state index contributed by atoms with van der Waals surface area (Å²) in [4.78, 5) is 9.47. The fourth-order valence-corrected chi connectivity index (χ4v) is 3.45. The zero-order chi connectivity index (χ0) is 15.9.